The van der Waals surface area contributed by atoms with Crippen molar-refractivity contribution in [2.45, 2.75) is 219 Å². The monoisotopic (exact) mass is 1400 g/mol. The first-order chi connectivity index (χ1) is 42.5. The molecule has 7 heterocycles. The van der Waals surface area contributed by atoms with E-state index in [2.05, 4.69) is 35.9 Å². The minimum atomic E-state index is -3.19. The van der Waals surface area contributed by atoms with Gasteiger partial charge < -0.3 is 47.4 Å². The third-order valence-electron chi connectivity index (χ3n) is 19.5. The Morgan fingerprint density at radius 3 is 1.21 bits per heavy atom. The SMILES string of the molecule is CC(C)(C)OC(=O)N1CCC[C@H]1c1ncc(-c2ccc3c(c2)C(F)(F)c2cc(B4OC(C)(C)C(C)(C)O4)ccc2-3)[nH]1.CC(C)(C)OC(=O)N1CCC[C@H]1c1ncc(-c2ccc3c(c2)C(F)(F)c2cc(Br)ccc2-3)[nH]1.CC1(C)OB(B2OC(C)(C)C(C)(C)O2)OC1(C)C.S.S. The van der Waals surface area contributed by atoms with Crippen LogP contribution in [-0.4, -0.2) is 121 Å². The molecule has 7 aliphatic rings. The largest absolute Gasteiger partial charge is 0.494 e. The number of halogens is 5. The number of amides is 2. The second kappa shape index (κ2) is 25.2. The van der Waals surface area contributed by atoms with E-state index in [9.17, 15) is 9.59 Å². The Hall–Kier alpha value is -5.31. The number of hydrogen-bond acceptors (Lipinski definition) is 12. The van der Waals surface area contributed by atoms with Gasteiger partial charge in [-0.05, 0) is 202 Å². The lowest BCUT2D eigenvalue weighted by Crippen LogP contribution is -2.41. The van der Waals surface area contributed by atoms with Gasteiger partial charge in [0, 0.05) is 50.9 Å². The molecule has 2 aromatic heterocycles. The lowest BCUT2D eigenvalue weighted by Gasteiger charge is -2.32. The van der Waals surface area contributed by atoms with Crippen LogP contribution in [0.3, 0.4) is 0 Å². The van der Waals surface area contributed by atoms with E-state index < -0.39 is 55.4 Å². The Bertz CT molecular complexity index is 3770. The van der Waals surface area contributed by atoms with E-state index >= 15 is 17.6 Å². The molecule has 2 N–H and O–H groups in total. The first kappa shape index (κ1) is 73.0. The quantitative estimate of drug-likeness (QED) is 0.120. The molecule has 13 rings (SSSR count). The normalized spacial score (nSPS) is 22.4. The number of rotatable bonds is 6. The third-order valence-corrected chi connectivity index (χ3v) is 20.0. The van der Waals surface area contributed by atoms with Crippen LogP contribution in [0.5, 0.6) is 0 Å². The van der Waals surface area contributed by atoms with Crippen molar-refractivity contribution in [2.75, 3.05) is 13.1 Å². The summed E-state index contributed by atoms with van der Waals surface area (Å²) < 4.78 is 110. The highest BCUT2D eigenvalue weighted by atomic mass is 79.9. The third kappa shape index (κ3) is 13.7. The van der Waals surface area contributed by atoms with Crippen molar-refractivity contribution in [3.8, 4) is 44.8 Å². The van der Waals surface area contributed by atoms with Gasteiger partial charge >= 0.3 is 33.3 Å². The fraction of sp³-hybridized carbons (Fsp3) is 0.529. The van der Waals surface area contributed by atoms with Crippen molar-refractivity contribution in [3.63, 3.8) is 0 Å². The summed E-state index contributed by atoms with van der Waals surface area (Å²) in [4.78, 5) is 44.3. The van der Waals surface area contributed by atoms with Crippen LogP contribution in [0.2, 0.25) is 0 Å². The molecule has 0 bridgehead atoms. The van der Waals surface area contributed by atoms with Gasteiger partial charge in [0.05, 0.1) is 69.5 Å². The molecule has 4 aromatic carbocycles. The van der Waals surface area contributed by atoms with E-state index in [1.165, 1.54) is 24.3 Å². The van der Waals surface area contributed by atoms with E-state index in [1.54, 1.807) is 58.6 Å². The minimum absolute atomic E-state index is 0. The lowest BCUT2D eigenvalue weighted by molar-refractivity contribution is 0.00578. The zero-order chi connectivity index (χ0) is 67.1. The van der Waals surface area contributed by atoms with Crippen molar-refractivity contribution in [2.24, 2.45) is 0 Å². The molecule has 2 aliphatic carbocycles. The number of aromatic amines is 2. The van der Waals surface area contributed by atoms with E-state index in [1.807, 2.05) is 137 Å². The Morgan fingerprint density at radius 1 is 0.511 bits per heavy atom. The number of fused-ring (bicyclic) bond motifs is 6. The Balaban J connectivity index is 0.000000176. The van der Waals surface area contributed by atoms with E-state index in [0.717, 1.165) is 25.7 Å². The molecule has 5 aliphatic heterocycles. The maximum Gasteiger partial charge on any atom is 0.494 e. The van der Waals surface area contributed by atoms with E-state index in [0.29, 0.717) is 79.4 Å². The highest BCUT2D eigenvalue weighted by molar-refractivity contribution is 9.10. The number of carbonyl (C=O) groups excluding carboxylic acids is 2. The molecule has 0 spiro atoms. The smallest absolute Gasteiger partial charge is 0.444 e. The van der Waals surface area contributed by atoms with Crippen LogP contribution in [0.1, 0.15) is 196 Å². The van der Waals surface area contributed by atoms with Gasteiger partial charge in [-0.15, -0.1) is 0 Å². The number of imidazole rings is 2. The molecule has 0 saturated carbocycles. The first-order valence-electron chi connectivity index (χ1n) is 31.7. The summed E-state index contributed by atoms with van der Waals surface area (Å²) in [6, 6.07) is 19.7. The molecule has 0 radical (unpaired) electrons. The second-order valence-electron chi connectivity index (χ2n) is 30.0. The van der Waals surface area contributed by atoms with Crippen LogP contribution in [-0.2, 0) is 49.2 Å². The van der Waals surface area contributed by atoms with Gasteiger partial charge in [0.1, 0.15) is 22.9 Å². The van der Waals surface area contributed by atoms with Gasteiger partial charge in [0.15, 0.2) is 0 Å². The van der Waals surface area contributed by atoms with Crippen LogP contribution in [0.15, 0.2) is 89.7 Å². The zero-order valence-electron chi connectivity index (χ0n) is 57.0. The van der Waals surface area contributed by atoms with Gasteiger partial charge in [-0.1, -0.05) is 64.5 Å². The molecule has 2 amide bonds. The predicted molar refractivity (Wildman–Crippen MR) is 371 cm³/mol. The average molecular weight is 1400 g/mol. The van der Waals surface area contributed by atoms with Crippen LogP contribution in [0.4, 0.5) is 27.2 Å². The molecule has 0 unspecified atom stereocenters. The van der Waals surface area contributed by atoms with Crippen LogP contribution in [0, 0.1) is 0 Å². The number of H-pyrrole nitrogens is 2. The number of hydrogen-bond donors (Lipinski definition) is 2. The summed E-state index contributed by atoms with van der Waals surface area (Å²) >= 11 is 3.29. The molecule has 94 heavy (non-hydrogen) atoms. The number of aromatic nitrogens is 4. The minimum Gasteiger partial charge on any atom is -0.444 e. The number of ether oxygens (including phenoxy) is 2. The van der Waals surface area contributed by atoms with Crippen molar-refractivity contribution < 1.29 is 64.6 Å². The summed E-state index contributed by atoms with van der Waals surface area (Å²) in [6.07, 6.45) is 5.71. The highest BCUT2D eigenvalue weighted by Crippen LogP contribution is 2.54. The lowest BCUT2D eigenvalue weighted by atomic mass is 9.49. The van der Waals surface area contributed by atoms with Crippen LogP contribution >= 0.6 is 42.9 Å². The van der Waals surface area contributed by atoms with Gasteiger partial charge in [0.25, 0.3) is 11.8 Å². The number of nitrogens with one attached hydrogen (secondary N) is 2. The molecular weight excluding hydrogens is 1310 g/mol. The number of likely N-dealkylation sites (tertiary alicyclic amines) is 2. The molecule has 506 valence electrons. The van der Waals surface area contributed by atoms with Crippen molar-refractivity contribution in [3.05, 3.63) is 124 Å². The highest BCUT2D eigenvalue weighted by Gasteiger charge is 2.64. The fourth-order valence-corrected chi connectivity index (χ4v) is 12.7. The Labute approximate surface area is 573 Å². The van der Waals surface area contributed by atoms with Crippen molar-refractivity contribution >= 4 is 81.7 Å². The zero-order valence-corrected chi connectivity index (χ0v) is 60.6. The first-order valence-corrected chi connectivity index (χ1v) is 32.5. The summed E-state index contributed by atoms with van der Waals surface area (Å²) in [5.41, 5.74) is 1.27. The number of nitrogens with zero attached hydrogens (tertiary/aromatic N) is 4. The summed E-state index contributed by atoms with van der Waals surface area (Å²) in [6.45, 7) is 36.1. The van der Waals surface area contributed by atoms with Gasteiger partial charge in [-0.3, -0.25) is 9.80 Å². The van der Waals surface area contributed by atoms with Crippen molar-refractivity contribution in [1.29, 1.82) is 0 Å². The van der Waals surface area contributed by atoms with E-state index in [4.69, 9.17) is 37.4 Å². The second-order valence-corrected chi connectivity index (χ2v) is 30.9. The average Bonchev–Trinajstić information content (AvgIpc) is 1.58. The molecular formula is C68H88B3BrF4N6O10S2. The molecule has 6 aromatic rings. The molecule has 26 heteroatoms. The number of benzene rings is 4. The summed E-state index contributed by atoms with van der Waals surface area (Å²) in [5.74, 6) is -5.02. The maximum atomic E-state index is 16.0. The molecule has 2 atom stereocenters. The Kier molecular flexibility index (Phi) is 19.6. The van der Waals surface area contributed by atoms with Gasteiger partial charge in [-0.25, -0.2) is 19.6 Å². The fourth-order valence-electron chi connectivity index (χ4n) is 12.4. The Morgan fingerprint density at radius 2 is 0.840 bits per heavy atom. The molecule has 16 nitrogen and oxygen atoms in total. The molecule has 5 saturated heterocycles. The van der Waals surface area contributed by atoms with Crippen LogP contribution < -0.4 is 5.46 Å². The topological polar surface area (TPSA) is 172 Å². The predicted octanol–water partition coefficient (Wildman–Crippen LogP) is 16.1. The summed E-state index contributed by atoms with van der Waals surface area (Å²) in [5, 5.41) is 0. The van der Waals surface area contributed by atoms with Gasteiger partial charge in [-0.2, -0.15) is 44.6 Å². The maximum absolute atomic E-state index is 16.0. The van der Waals surface area contributed by atoms with E-state index in [-0.39, 0.29) is 95.9 Å². The van der Waals surface area contributed by atoms with Gasteiger partial charge in [0.2, 0.25) is 0 Å². The molecule has 5 fully saturated rings. The standard InChI is InChI=1S/C31H36BF2N3O4.C25H24BrF2N3O2.C12H24B2O4.2H2S/c1-28(2,3)39-27(38)37-14-8-9-25(37)26-35-17-24(36-26)18-10-12-20-21-13-11-19(16-23(21)31(33,34)22(20)15-18)32-40-29(4,5)30(6,7)41-32;1-24(2,3)33-23(32)31-10-4-5-21(31)22-29-13-20(30-22)14-6-8-16-17-9-7-15(26)12-19(17)25(27,28)18(16)11-14;1-9(2)10(3,4)16-13(15-9)14-17-11(5,6)12(7,8)18-14;;/h10-13,15-17,25H,8-9,14H2,1-7H3,(H,35,36);6-9,11-13,21H,4-5,10H2,1-3H3,(H,29,30);1-8H3;2*1H2/t25-;21-;;;/m00.../s1. The number of carbonyl (C=O) groups is 2. The van der Waals surface area contributed by atoms with Crippen LogP contribution in [0.25, 0.3) is 44.8 Å². The summed E-state index contributed by atoms with van der Waals surface area (Å²) in [7, 11) is -1.67. The van der Waals surface area contributed by atoms with Crippen molar-refractivity contribution in [1.82, 2.24) is 29.7 Å². The number of alkyl halides is 4.